The molecule has 0 unspecified atom stereocenters. The number of carbonyl (C=O) groups is 3. The summed E-state index contributed by atoms with van der Waals surface area (Å²) < 4.78 is 20.2. The maximum Gasteiger partial charge on any atom is 0.394 e. The molecule has 0 fully saturated rings. The molecule has 0 saturated heterocycles. The molecule has 0 spiro atoms. The number of aryl methyl sites for hydroxylation is 1. The first-order chi connectivity index (χ1) is 15.7. The van der Waals surface area contributed by atoms with E-state index in [0.29, 0.717) is 27.0 Å². The van der Waals surface area contributed by atoms with E-state index in [9.17, 15) is 23.9 Å². The van der Waals surface area contributed by atoms with Crippen LogP contribution in [0, 0.1) is 12.7 Å². The van der Waals surface area contributed by atoms with Gasteiger partial charge >= 0.3 is 11.9 Å². The second-order valence-electron chi connectivity index (χ2n) is 7.11. The van der Waals surface area contributed by atoms with Gasteiger partial charge in [-0.1, -0.05) is 0 Å². The molecule has 0 aliphatic heterocycles. The van der Waals surface area contributed by atoms with Crippen LogP contribution in [0.1, 0.15) is 20.8 Å². The Morgan fingerprint density at radius 3 is 2.39 bits per heavy atom. The number of rotatable bonds is 5. The van der Waals surface area contributed by atoms with Crippen molar-refractivity contribution in [2.45, 2.75) is 6.92 Å². The number of aromatic hydroxyl groups is 1. The molecule has 0 radical (unpaired) electrons. The molecule has 7 nitrogen and oxygen atoms in total. The Morgan fingerprint density at radius 1 is 1.00 bits per heavy atom. The van der Waals surface area contributed by atoms with Crippen LogP contribution in [-0.2, 0) is 9.59 Å². The van der Waals surface area contributed by atoms with E-state index in [2.05, 4.69) is 5.32 Å². The molecule has 1 heterocycles. The van der Waals surface area contributed by atoms with Gasteiger partial charge in [0, 0.05) is 21.3 Å². The zero-order valence-corrected chi connectivity index (χ0v) is 17.9. The van der Waals surface area contributed by atoms with E-state index in [1.54, 1.807) is 13.0 Å². The number of aliphatic carboxylic acids is 1. The highest BCUT2D eigenvalue weighted by Crippen LogP contribution is 2.43. The van der Waals surface area contributed by atoms with Crippen LogP contribution in [0.5, 0.6) is 17.2 Å². The highest BCUT2D eigenvalue weighted by atomic mass is 32.1. The van der Waals surface area contributed by atoms with E-state index in [1.165, 1.54) is 54.6 Å². The average molecular weight is 465 g/mol. The fraction of sp³-hybridized carbons (Fsp3) is 0.0417. The van der Waals surface area contributed by atoms with Crippen molar-refractivity contribution < 1.29 is 33.7 Å². The molecule has 0 aliphatic carbocycles. The monoisotopic (exact) mass is 465 g/mol. The zero-order chi connectivity index (χ0) is 23.7. The summed E-state index contributed by atoms with van der Waals surface area (Å²) in [4.78, 5) is 35.6. The topological polar surface area (TPSA) is 113 Å². The van der Waals surface area contributed by atoms with Crippen molar-refractivity contribution in [1.29, 1.82) is 0 Å². The van der Waals surface area contributed by atoms with Gasteiger partial charge < -0.3 is 20.3 Å². The Hall–Kier alpha value is -4.24. The highest BCUT2D eigenvalue weighted by molar-refractivity contribution is 7.21. The fourth-order valence-electron chi connectivity index (χ4n) is 3.23. The summed E-state index contributed by atoms with van der Waals surface area (Å²) in [7, 11) is 0. The van der Waals surface area contributed by atoms with Gasteiger partial charge in [-0.2, -0.15) is 0 Å². The number of anilines is 1. The summed E-state index contributed by atoms with van der Waals surface area (Å²) >= 11 is 1.14. The number of hydrogen-bond donors (Lipinski definition) is 3. The smallest absolute Gasteiger partial charge is 0.394 e. The molecule has 1 amide bonds. The van der Waals surface area contributed by atoms with Crippen molar-refractivity contribution in [3.05, 3.63) is 82.5 Å². The van der Waals surface area contributed by atoms with Crippen molar-refractivity contribution in [2.75, 3.05) is 5.32 Å². The van der Waals surface area contributed by atoms with Gasteiger partial charge in [0.15, 0.2) is 5.75 Å². The molecule has 0 saturated carbocycles. The molecule has 4 aromatic rings. The lowest BCUT2D eigenvalue weighted by Gasteiger charge is -2.10. The first-order valence-electron chi connectivity index (χ1n) is 9.61. The number of hydrogen-bond acceptors (Lipinski definition) is 6. The molecule has 0 atom stereocenters. The molecule has 33 heavy (non-hydrogen) atoms. The third kappa shape index (κ3) is 4.53. The molecule has 0 bridgehead atoms. The van der Waals surface area contributed by atoms with E-state index in [-0.39, 0.29) is 27.8 Å². The number of ketones is 1. The van der Waals surface area contributed by atoms with Gasteiger partial charge in [-0.15, -0.1) is 11.3 Å². The van der Waals surface area contributed by atoms with Crippen molar-refractivity contribution >= 4 is 44.8 Å². The van der Waals surface area contributed by atoms with Crippen molar-refractivity contribution in [3.63, 3.8) is 0 Å². The quantitative estimate of drug-likeness (QED) is 0.279. The Kier molecular flexibility index (Phi) is 5.80. The summed E-state index contributed by atoms with van der Waals surface area (Å²) in [6.45, 7) is 1.64. The molecule has 1 aromatic heterocycles. The fourth-order valence-corrected chi connectivity index (χ4v) is 4.34. The number of ether oxygens (including phenoxy) is 1. The summed E-state index contributed by atoms with van der Waals surface area (Å²) in [5, 5.41) is 21.4. The van der Waals surface area contributed by atoms with Crippen LogP contribution < -0.4 is 10.1 Å². The molecule has 3 aromatic carbocycles. The summed E-state index contributed by atoms with van der Waals surface area (Å²) in [5.41, 5.74) is 1.06. The maximum absolute atomic E-state index is 13.5. The molecule has 166 valence electrons. The van der Waals surface area contributed by atoms with E-state index in [1.807, 2.05) is 0 Å². The van der Waals surface area contributed by atoms with Crippen LogP contribution in [0.3, 0.4) is 0 Å². The largest absolute Gasteiger partial charge is 0.508 e. The number of phenols is 1. The lowest BCUT2D eigenvalue weighted by Crippen LogP contribution is -2.21. The molecular formula is C24H16FNO6S. The van der Waals surface area contributed by atoms with E-state index in [0.717, 1.165) is 11.3 Å². The number of thiophene rings is 1. The van der Waals surface area contributed by atoms with Gasteiger partial charge in [0.2, 0.25) is 5.78 Å². The van der Waals surface area contributed by atoms with Crippen molar-refractivity contribution in [2.24, 2.45) is 0 Å². The Morgan fingerprint density at radius 2 is 1.73 bits per heavy atom. The molecule has 0 aliphatic rings. The van der Waals surface area contributed by atoms with Crippen LogP contribution in [0.25, 0.3) is 10.1 Å². The number of nitrogens with one attached hydrogen (secondary N) is 1. The average Bonchev–Trinajstić information content (AvgIpc) is 3.11. The molecule has 4 rings (SSSR count). The maximum atomic E-state index is 13.5. The number of halogens is 1. The third-order valence-electron chi connectivity index (χ3n) is 4.79. The summed E-state index contributed by atoms with van der Waals surface area (Å²) in [6.07, 6.45) is 0. The molecule has 9 heteroatoms. The number of carbonyl (C=O) groups excluding carboxylic acids is 2. The van der Waals surface area contributed by atoms with E-state index < -0.39 is 17.7 Å². The minimum absolute atomic E-state index is 0.0331. The summed E-state index contributed by atoms with van der Waals surface area (Å²) in [6, 6.07) is 14.5. The lowest BCUT2D eigenvalue weighted by atomic mass is 10.0. The van der Waals surface area contributed by atoms with E-state index >= 15 is 0 Å². The number of amides is 1. The van der Waals surface area contributed by atoms with Crippen molar-refractivity contribution in [3.8, 4) is 17.2 Å². The molecule has 3 N–H and O–H groups in total. The van der Waals surface area contributed by atoms with Crippen LogP contribution in [-0.4, -0.2) is 27.9 Å². The summed E-state index contributed by atoms with van der Waals surface area (Å²) in [5.74, 6) is -2.94. The van der Waals surface area contributed by atoms with Gasteiger partial charge in [-0.3, -0.25) is 9.59 Å². The standard InChI is InChI=1S/C24H16FNO6S/c1-12-10-13(25)2-8-17(12)20(28)22-21(18-9-5-15(27)11-19(18)33-22)32-16-6-3-14(4-7-16)26-23(29)24(30)31/h2-11,27H,1H3,(H,26,29)(H,30,31). The number of carboxylic acids is 1. The van der Waals surface area contributed by atoms with Crippen molar-refractivity contribution in [1.82, 2.24) is 0 Å². The Balaban J connectivity index is 1.73. The van der Waals surface area contributed by atoms with Gasteiger partial charge in [0.1, 0.15) is 22.2 Å². The van der Waals surface area contributed by atoms with Gasteiger partial charge in [-0.25, -0.2) is 9.18 Å². The number of phenolic OH excluding ortho intramolecular Hbond substituents is 1. The predicted molar refractivity (Wildman–Crippen MR) is 121 cm³/mol. The second-order valence-corrected chi connectivity index (χ2v) is 8.17. The number of carboxylic acid groups (broad SMARTS) is 1. The zero-order valence-electron chi connectivity index (χ0n) is 17.1. The lowest BCUT2D eigenvalue weighted by molar-refractivity contribution is -0.147. The predicted octanol–water partition coefficient (Wildman–Crippen LogP) is 5.10. The molecular weight excluding hydrogens is 449 g/mol. The normalized spacial score (nSPS) is 10.7. The third-order valence-corrected chi connectivity index (χ3v) is 5.93. The van der Waals surface area contributed by atoms with Gasteiger partial charge in [-0.05, 0) is 73.2 Å². The Bertz CT molecular complexity index is 1410. The highest BCUT2D eigenvalue weighted by Gasteiger charge is 2.23. The van der Waals surface area contributed by atoms with E-state index in [4.69, 9.17) is 9.84 Å². The second kappa shape index (κ2) is 8.71. The van der Waals surface area contributed by atoms with Gasteiger partial charge in [0.25, 0.3) is 0 Å². The van der Waals surface area contributed by atoms with Crippen LogP contribution in [0.2, 0.25) is 0 Å². The van der Waals surface area contributed by atoms with Crippen LogP contribution in [0.15, 0.2) is 60.7 Å². The number of fused-ring (bicyclic) bond motifs is 1. The number of benzene rings is 3. The SMILES string of the molecule is Cc1cc(F)ccc1C(=O)c1sc2cc(O)ccc2c1Oc1ccc(NC(=O)C(=O)O)cc1. The Labute approximate surface area is 190 Å². The van der Waals surface area contributed by atoms with Crippen LogP contribution in [0.4, 0.5) is 10.1 Å². The first-order valence-corrected chi connectivity index (χ1v) is 10.4. The minimum Gasteiger partial charge on any atom is -0.508 e. The van der Waals surface area contributed by atoms with Crippen LogP contribution >= 0.6 is 11.3 Å². The first kappa shape index (κ1) is 22.0. The minimum atomic E-state index is -1.61. The van der Waals surface area contributed by atoms with Gasteiger partial charge in [0.05, 0.1) is 0 Å².